The second-order valence-corrected chi connectivity index (χ2v) is 13.9. The van der Waals surface area contributed by atoms with Crippen LogP contribution >= 0.6 is 0 Å². The fraction of sp³-hybridized carbons (Fsp3) is 0.211. The van der Waals surface area contributed by atoms with E-state index in [1.54, 1.807) is 6.20 Å². The standard InChI is InChI=1S/C38H37FN4O3S/c1-28(27-47(3,44)45)34(39)26-35-29(2)37(30-19-20-40-36(25-30)42-21-23-46-24-22-42)41-43(35)38(31-13-7-4-8-14-31,32-15-9-5-10-16-32)33-17-11-6-12-18-33/h4-20,25-26H,2,21-24,27H2,1,3H3/b34-28-,35-26+. The fourth-order valence-corrected chi connectivity index (χ4v) is 7.17. The Morgan fingerprint density at radius 1 is 0.915 bits per heavy atom. The van der Waals surface area contributed by atoms with Gasteiger partial charge in [-0.05, 0) is 47.4 Å². The average molecular weight is 649 g/mol. The zero-order valence-corrected chi connectivity index (χ0v) is 27.3. The van der Waals surface area contributed by atoms with Crippen LogP contribution in [0, 0.1) is 0 Å². The zero-order chi connectivity index (χ0) is 33.0. The molecule has 3 aromatic carbocycles. The number of sulfone groups is 1. The van der Waals surface area contributed by atoms with Gasteiger partial charge in [0.15, 0.2) is 9.84 Å². The average Bonchev–Trinajstić information content (AvgIpc) is 3.41. The van der Waals surface area contributed by atoms with Gasteiger partial charge in [-0.3, -0.25) is 0 Å². The predicted octanol–water partition coefficient (Wildman–Crippen LogP) is 5.10. The highest BCUT2D eigenvalue weighted by Gasteiger charge is 2.40. The SMILES string of the molecule is C=c1c(-c2ccnc(N3CCOCC3)c2)nn(C(c2ccccc2)(c2ccccc2)c2ccccc2)/c1=C/C(F)=C(\C)CS(C)(=O)=O. The number of rotatable bonds is 9. The Morgan fingerprint density at radius 2 is 1.45 bits per heavy atom. The Bertz CT molecular complexity index is 2010. The Morgan fingerprint density at radius 3 is 1.96 bits per heavy atom. The van der Waals surface area contributed by atoms with Gasteiger partial charge in [0.25, 0.3) is 0 Å². The van der Waals surface area contributed by atoms with Crippen molar-refractivity contribution in [2.75, 3.05) is 43.2 Å². The smallest absolute Gasteiger partial charge is 0.151 e. The monoisotopic (exact) mass is 648 g/mol. The van der Waals surface area contributed by atoms with Crippen LogP contribution in [0.5, 0.6) is 0 Å². The lowest BCUT2D eigenvalue weighted by Gasteiger charge is -2.36. The number of hydrogen-bond acceptors (Lipinski definition) is 6. The lowest BCUT2D eigenvalue weighted by molar-refractivity contribution is 0.122. The van der Waals surface area contributed by atoms with Gasteiger partial charge in [-0.2, -0.15) is 5.10 Å². The van der Waals surface area contributed by atoms with Gasteiger partial charge in [-0.25, -0.2) is 22.5 Å². The molecule has 2 aromatic heterocycles. The molecule has 3 heterocycles. The number of halogens is 1. The number of aromatic nitrogens is 3. The molecule has 5 aromatic rings. The molecule has 0 saturated carbocycles. The van der Waals surface area contributed by atoms with Crippen LogP contribution in [0.4, 0.5) is 10.2 Å². The number of morpholine rings is 1. The number of hydrogen-bond donors (Lipinski definition) is 0. The van der Waals surface area contributed by atoms with Gasteiger partial charge in [0.05, 0.1) is 30.0 Å². The lowest BCUT2D eigenvalue weighted by atomic mass is 9.77. The highest BCUT2D eigenvalue weighted by atomic mass is 32.2. The molecule has 0 amide bonds. The summed E-state index contributed by atoms with van der Waals surface area (Å²) >= 11 is 0. The third-order valence-corrected chi connectivity index (χ3v) is 9.38. The van der Waals surface area contributed by atoms with E-state index < -0.39 is 27.0 Å². The van der Waals surface area contributed by atoms with Gasteiger partial charge in [0, 0.05) is 36.3 Å². The molecule has 1 saturated heterocycles. The van der Waals surface area contributed by atoms with Crippen molar-refractivity contribution >= 4 is 28.3 Å². The van der Waals surface area contributed by atoms with Gasteiger partial charge in [0.2, 0.25) is 0 Å². The summed E-state index contributed by atoms with van der Waals surface area (Å²) in [5.74, 6) is -0.266. The summed E-state index contributed by atoms with van der Waals surface area (Å²) in [7, 11) is -3.47. The molecule has 240 valence electrons. The summed E-state index contributed by atoms with van der Waals surface area (Å²) in [5.41, 5.74) is 3.09. The number of allylic oxidation sites excluding steroid dienone is 1. The van der Waals surface area contributed by atoms with Gasteiger partial charge >= 0.3 is 0 Å². The van der Waals surface area contributed by atoms with Crippen molar-refractivity contribution in [3.8, 4) is 11.3 Å². The van der Waals surface area contributed by atoms with Crippen LogP contribution in [0.1, 0.15) is 23.6 Å². The molecule has 0 aliphatic carbocycles. The normalized spacial score (nSPS) is 15.0. The van der Waals surface area contributed by atoms with Gasteiger partial charge in [-0.1, -0.05) is 97.6 Å². The highest BCUT2D eigenvalue weighted by Crippen LogP contribution is 2.39. The number of ether oxygens (including phenoxy) is 1. The molecular weight excluding hydrogens is 612 g/mol. The topological polar surface area (TPSA) is 77.3 Å². The molecule has 0 N–H and O–H groups in total. The molecule has 1 aliphatic heterocycles. The maximum atomic E-state index is 16.1. The zero-order valence-electron chi connectivity index (χ0n) is 26.5. The van der Waals surface area contributed by atoms with Gasteiger partial charge in [0.1, 0.15) is 17.2 Å². The van der Waals surface area contributed by atoms with Crippen molar-refractivity contribution in [1.29, 1.82) is 0 Å². The Hall–Kier alpha value is -4.86. The molecule has 0 unspecified atom stereocenters. The number of benzene rings is 3. The van der Waals surface area contributed by atoms with Crippen molar-refractivity contribution in [2.45, 2.75) is 12.5 Å². The number of pyridine rings is 1. The summed E-state index contributed by atoms with van der Waals surface area (Å²) in [6, 6.07) is 33.8. The quantitative estimate of drug-likeness (QED) is 0.207. The van der Waals surface area contributed by atoms with Crippen LogP contribution in [0.3, 0.4) is 0 Å². The third kappa shape index (κ3) is 6.54. The van der Waals surface area contributed by atoms with Gasteiger partial charge < -0.3 is 9.64 Å². The van der Waals surface area contributed by atoms with Crippen molar-refractivity contribution < 1.29 is 17.5 Å². The molecule has 0 spiro atoms. The van der Waals surface area contributed by atoms with E-state index in [4.69, 9.17) is 9.84 Å². The first-order valence-electron chi connectivity index (χ1n) is 15.5. The van der Waals surface area contributed by atoms with Crippen LogP contribution in [0.15, 0.2) is 121 Å². The second kappa shape index (κ2) is 13.5. The minimum absolute atomic E-state index is 0.101. The first-order chi connectivity index (χ1) is 22.7. The summed E-state index contributed by atoms with van der Waals surface area (Å²) in [6.45, 7) is 8.63. The molecule has 6 rings (SSSR count). The predicted molar refractivity (Wildman–Crippen MR) is 186 cm³/mol. The fourth-order valence-electron chi connectivity index (χ4n) is 6.24. The first kappa shape index (κ1) is 32.1. The number of nitrogens with zero attached hydrogens (tertiary/aromatic N) is 4. The minimum Gasteiger partial charge on any atom is -0.378 e. The maximum Gasteiger partial charge on any atom is 0.151 e. The summed E-state index contributed by atoms with van der Waals surface area (Å²) in [5, 5.41) is 6.21. The molecule has 7 nitrogen and oxygen atoms in total. The van der Waals surface area contributed by atoms with Crippen molar-refractivity contribution in [2.24, 2.45) is 0 Å². The van der Waals surface area contributed by atoms with E-state index in [2.05, 4.69) is 16.5 Å². The first-order valence-corrected chi connectivity index (χ1v) is 17.5. The van der Waals surface area contributed by atoms with E-state index in [1.807, 2.05) is 108 Å². The van der Waals surface area contributed by atoms with E-state index in [0.29, 0.717) is 29.5 Å². The second-order valence-electron chi connectivity index (χ2n) is 11.8. The maximum absolute atomic E-state index is 16.1. The Labute approximate surface area is 274 Å². The van der Waals surface area contributed by atoms with Crippen LogP contribution in [0.2, 0.25) is 0 Å². The molecule has 0 bridgehead atoms. The molecular formula is C38H37FN4O3S. The largest absolute Gasteiger partial charge is 0.378 e. The molecule has 1 aliphatic rings. The van der Waals surface area contributed by atoms with E-state index in [9.17, 15) is 8.42 Å². The minimum atomic E-state index is -3.47. The van der Waals surface area contributed by atoms with Crippen LogP contribution in [-0.4, -0.2) is 61.5 Å². The molecule has 1 fully saturated rings. The summed E-state index contributed by atoms with van der Waals surface area (Å²) in [6.07, 6.45) is 4.21. The van der Waals surface area contributed by atoms with Crippen LogP contribution in [0.25, 0.3) is 23.9 Å². The summed E-state index contributed by atoms with van der Waals surface area (Å²) in [4.78, 5) is 6.79. The van der Waals surface area contributed by atoms with E-state index in [1.165, 1.54) is 13.0 Å². The lowest BCUT2D eigenvalue weighted by Crippen LogP contribution is -2.46. The van der Waals surface area contributed by atoms with Crippen molar-refractivity contribution in [3.63, 3.8) is 0 Å². The Balaban J connectivity index is 1.72. The van der Waals surface area contributed by atoms with E-state index >= 15 is 4.39 Å². The van der Waals surface area contributed by atoms with E-state index in [0.717, 1.165) is 47.4 Å². The molecule has 47 heavy (non-hydrogen) atoms. The van der Waals surface area contributed by atoms with Crippen LogP contribution < -0.4 is 15.5 Å². The van der Waals surface area contributed by atoms with Crippen molar-refractivity contribution in [1.82, 2.24) is 14.8 Å². The van der Waals surface area contributed by atoms with Crippen LogP contribution in [-0.2, 0) is 20.1 Å². The third-order valence-electron chi connectivity index (χ3n) is 8.42. The molecule has 0 radical (unpaired) electrons. The molecule has 9 heteroatoms. The Kier molecular flexibility index (Phi) is 9.20. The van der Waals surface area contributed by atoms with Gasteiger partial charge in [-0.15, -0.1) is 0 Å². The molecule has 0 atom stereocenters. The summed E-state index contributed by atoms with van der Waals surface area (Å²) < 4.78 is 47.8. The highest BCUT2D eigenvalue weighted by molar-refractivity contribution is 7.90. The number of anilines is 1. The van der Waals surface area contributed by atoms with E-state index in [-0.39, 0.29) is 5.57 Å². The van der Waals surface area contributed by atoms with Crippen molar-refractivity contribution in [3.05, 3.63) is 148 Å².